The molecule has 1 aromatic carbocycles. The van der Waals surface area contributed by atoms with Gasteiger partial charge < -0.3 is 9.05 Å². The molecule has 0 amide bonds. The van der Waals surface area contributed by atoms with Crippen LogP contribution < -0.4 is 0 Å². The van der Waals surface area contributed by atoms with E-state index in [1.165, 1.54) is 13.8 Å². The summed E-state index contributed by atoms with van der Waals surface area (Å²) in [5.74, 6) is 0. The molecule has 3 nitrogen and oxygen atoms in total. The first-order valence-corrected chi connectivity index (χ1v) is 8.69. The summed E-state index contributed by atoms with van der Waals surface area (Å²) >= 11 is 1.78. The lowest BCUT2D eigenvalue weighted by Crippen LogP contribution is -2.18. The van der Waals surface area contributed by atoms with Crippen LogP contribution in [0.1, 0.15) is 19.4 Å². The molecule has 112 valence electrons. The lowest BCUT2D eigenvalue weighted by molar-refractivity contribution is 0.0799. The summed E-state index contributed by atoms with van der Waals surface area (Å²) in [5.41, 5.74) is -3.06. The standard InChI is InChI=1S/C13H16F2IO3P/c1-3-18-20(17,19-4-2)13(14,15)10-12(16)11-8-6-5-7-9-11/h5-10H,3-4H2,1-2H3/b12-10+. The van der Waals surface area contributed by atoms with Crippen molar-refractivity contribution in [3.63, 3.8) is 0 Å². The van der Waals surface area contributed by atoms with Crippen molar-refractivity contribution in [1.82, 2.24) is 0 Å². The van der Waals surface area contributed by atoms with Gasteiger partial charge in [0.25, 0.3) is 0 Å². The van der Waals surface area contributed by atoms with Gasteiger partial charge in [0, 0.05) is 9.66 Å². The first kappa shape index (κ1) is 17.8. The zero-order chi connectivity index (χ0) is 15.2. The Morgan fingerprint density at radius 1 is 1.25 bits per heavy atom. The number of rotatable bonds is 7. The monoisotopic (exact) mass is 416 g/mol. The summed E-state index contributed by atoms with van der Waals surface area (Å²) in [6.45, 7) is 2.77. The number of halogens is 3. The minimum absolute atomic E-state index is 0.109. The van der Waals surface area contributed by atoms with Crippen LogP contribution in [0, 0.1) is 0 Å². The van der Waals surface area contributed by atoms with Crippen LogP contribution in [0.5, 0.6) is 0 Å². The molecule has 0 aromatic heterocycles. The van der Waals surface area contributed by atoms with E-state index in [1.807, 2.05) is 0 Å². The zero-order valence-corrected chi connectivity index (χ0v) is 14.2. The predicted molar refractivity (Wildman–Crippen MR) is 84.2 cm³/mol. The fraction of sp³-hybridized carbons (Fsp3) is 0.385. The second-order valence-electron chi connectivity index (χ2n) is 3.78. The molecule has 0 spiro atoms. The van der Waals surface area contributed by atoms with Gasteiger partial charge in [-0.3, -0.25) is 4.57 Å². The summed E-state index contributed by atoms with van der Waals surface area (Å²) in [5, 5.41) is 0. The van der Waals surface area contributed by atoms with Crippen molar-refractivity contribution in [3.05, 3.63) is 42.0 Å². The van der Waals surface area contributed by atoms with Crippen molar-refractivity contribution in [2.24, 2.45) is 0 Å². The number of allylic oxidation sites excluding steroid dienone is 1. The van der Waals surface area contributed by atoms with Gasteiger partial charge in [-0.2, -0.15) is 8.78 Å². The largest absolute Gasteiger partial charge is 0.403 e. The highest BCUT2D eigenvalue weighted by Crippen LogP contribution is 2.63. The quantitative estimate of drug-likeness (QED) is 0.446. The smallest absolute Gasteiger partial charge is 0.304 e. The van der Waals surface area contributed by atoms with E-state index in [4.69, 9.17) is 9.05 Å². The van der Waals surface area contributed by atoms with E-state index in [0.717, 1.165) is 0 Å². The van der Waals surface area contributed by atoms with E-state index in [-0.39, 0.29) is 16.8 Å². The Hall–Kier alpha value is -0.300. The number of hydrogen-bond acceptors (Lipinski definition) is 3. The maximum atomic E-state index is 14.2. The third-order valence-corrected chi connectivity index (χ3v) is 5.30. The van der Waals surface area contributed by atoms with Crippen molar-refractivity contribution in [2.45, 2.75) is 19.5 Å². The Kier molecular flexibility index (Phi) is 6.78. The first-order chi connectivity index (χ1) is 9.36. The minimum Gasteiger partial charge on any atom is -0.304 e. The molecule has 7 heteroatoms. The highest BCUT2D eigenvalue weighted by atomic mass is 127. The lowest BCUT2D eigenvalue weighted by atomic mass is 10.2. The Balaban J connectivity index is 3.11. The summed E-state index contributed by atoms with van der Waals surface area (Å²) in [6.07, 6.45) is 0.634. The number of benzene rings is 1. The normalized spacial score (nSPS) is 13.6. The third-order valence-electron chi connectivity index (χ3n) is 2.31. The third kappa shape index (κ3) is 4.35. The maximum Gasteiger partial charge on any atom is 0.403 e. The Labute approximate surface area is 131 Å². The molecule has 0 atom stereocenters. The average molecular weight is 416 g/mol. The molecule has 0 aliphatic carbocycles. The molecule has 1 aromatic rings. The molecule has 0 aliphatic rings. The highest BCUT2D eigenvalue weighted by molar-refractivity contribution is 14.1. The molecule has 0 radical (unpaired) electrons. The van der Waals surface area contributed by atoms with Gasteiger partial charge in [0.1, 0.15) is 0 Å². The van der Waals surface area contributed by atoms with Crippen molar-refractivity contribution in [1.29, 1.82) is 0 Å². The first-order valence-electron chi connectivity index (χ1n) is 6.07. The van der Waals surface area contributed by atoms with Crippen LogP contribution in [0.25, 0.3) is 3.58 Å². The number of hydrogen-bond donors (Lipinski definition) is 0. The van der Waals surface area contributed by atoms with Gasteiger partial charge in [-0.15, -0.1) is 0 Å². The second kappa shape index (κ2) is 7.64. The zero-order valence-electron chi connectivity index (χ0n) is 11.2. The summed E-state index contributed by atoms with van der Waals surface area (Å²) in [4.78, 5) is 0. The van der Waals surface area contributed by atoms with Crippen molar-refractivity contribution in [3.8, 4) is 0 Å². The van der Waals surface area contributed by atoms with Crippen LogP contribution in [-0.2, 0) is 13.6 Å². The molecule has 0 saturated heterocycles. The Morgan fingerprint density at radius 2 is 1.75 bits per heavy atom. The molecule has 0 heterocycles. The summed E-state index contributed by atoms with van der Waals surface area (Å²) in [7, 11) is -4.51. The molecule has 0 aliphatic heterocycles. The fourth-order valence-corrected chi connectivity index (χ4v) is 3.84. The van der Waals surface area contributed by atoms with Gasteiger partial charge in [0.15, 0.2) is 0 Å². The van der Waals surface area contributed by atoms with Crippen molar-refractivity contribution < 1.29 is 22.4 Å². The van der Waals surface area contributed by atoms with Crippen LogP contribution in [-0.4, -0.2) is 18.9 Å². The molecular weight excluding hydrogens is 400 g/mol. The Bertz CT molecular complexity index is 496. The van der Waals surface area contributed by atoms with E-state index in [2.05, 4.69) is 0 Å². The minimum atomic E-state index is -4.51. The van der Waals surface area contributed by atoms with E-state index in [1.54, 1.807) is 52.9 Å². The second-order valence-corrected chi connectivity index (χ2v) is 7.05. The highest BCUT2D eigenvalue weighted by Gasteiger charge is 2.51. The molecule has 1 rings (SSSR count). The van der Waals surface area contributed by atoms with E-state index in [0.29, 0.717) is 11.6 Å². The van der Waals surface area contributed by atoms with E-state index >= 15 is 0 Å². The van der Waals surface area contributed by atoms with Crippen molar-refractivity contribution >= 4 is 33.8 Å². The van der Waals surface area contributed by atoms with Crippen LogP contribution in [0.15, 0.2) is 36.4 Å². The van der Waals surface area contributed by atoms with Gasteiger partial charge in [0.05, 0.1) is 13.2 Å². The van der Waals surface area contributed by atoms with Gasteiger partial charge in [0.2, 0.25) is 0 Å². The number of alkyl halides is 2. The molecule has 0 N–H and O–H groups in total. The summed E-state index contributed by atoms with van der Waals surface area (Å²) in [6, 6.07) is 8.66. The van der Waals surface area contributed by atoms with E-state index in [9.17, 15) is 13.3 Å². The molecule has 0 fully saturated rings. The van der Waals surface area contributed by atoms with Crippen molar-refractivity contribution in [2.75, 3.05) is 13.2 Å². The molecule has 0 saturated carbocycles. The summed E-state index contributed by atoms with van der Waals surface area (Å²) < 4.78 is 50.2. The Morgan fingerprint density at radius 3 is 2.20 bits per heavy atom. The van der Waals surface area contributed by atoms with Crippen LogP contribution >= 0.6 is 30.2 Å². The van der Waals surface area contributed by atoms with Crippen LogP contribution in [0.2, 0.25) is 0 Å². The van der Waals surface area contributed by atoms with Gasteiger partial charge >= 0.3 is 13.3 Å². The van der Waals surface area contributed by atoms with Crippen LogP contribution in [0.4, 0.5) is 8.78 Å². The lowest BCUT2D eigenvalue weighted by Gasteiger charge is -2.23. The average Bonchev–Trinajstić information content (AvgIpc) is 2.39. The molecule has 0 unspecified atom stereocenters. The van der Waals surface area contributed by atoms with Crippen LogP contribution in [0.3, 0.4) is 0 Å². The van der Waals surface area contributed by atoms with Gasteiger partial charge in [-0.05, 0) is 42.0 Å². The van der Waals surface area contributed by atoms with Gasteiger partial charge in [-0.25, -0.2) is 0 Å². The van der Waals surface area contributed by atoms with E-state index < -0.39 is 13.3 Å². The maximum absolute atomic E-state index is 14.2. The predicted octanol–water partition coefficient (Wildman–Crippen LogP) is 5.32. The van der Waals surface area contributed by atoms with Gasteiger partial charge in [-0.1, -0.05) is 30.3 Å². The SMILES string of the molecule is CCOP(=O)(OCC)C(F)(F)/C=C(/I)c1ccccc1. The fourth-order valence-electron chi connectivity index (χ4n) is 1.46. The molecular formula is C13H16F2IO3P. The molecule has 0 bridgehead atoms. The topological polar surface area (TPSA) is 35.5 Å². The molecule has 20 heavy (non-hydrogen) atoms.